The number of pyridine rings is 1. The monoisotopic (exact) mass is 488 g/mol. The minimum atomic E-state index is -0.259. The number of aryl methyl sites for hydroxylation is 3. The van der Waals surface area contributed by atoms with Crippen molar-refractivity contribution in [2.24, 2.45) is 0 Å². The molecular formula is C26H21ClN4O2S. The SMILES string of the molecule is Cc1cc2nc(N(Cc3cccnc3)C(=O)c3c(-c4ccccc4Cl)noc3C)sc2cc1C. The van der Waals surface area contributed by atoms with Crippen molar-refractivity contribution in [1.29, 1.82) is 0 Å². The first-order valence-electron chi connectivity index (χ1n) is 10.7. The molecule has 34 heavy (non-hydrogen) atoms. The lowest BCUT2D eigenvalue weighted by atomic mass is 10.0. The van der Waals surface area contributed by atoms with Crippen LogP contribution in [0.4, 0.5) is 5.13 Å². The summed E-state index contributed by atoms with van der Waals surface area (Å²) in [6.45, 7) is 6.16. The predicted octanol–water partition coefficient (Wildman–Crippen LogP) is 6.77. The Balaban J connectivity index is 1.64. The number of hydrogen-bond donors (Lipinski definition) is 0. The topological polar surface area (TPSA) is 72.1 Å². The molecule has 2 aromatic carbocycles. The smallest absolute Gasteiger partial charge is 0.266 e. The summed E-state index contributed by atoms with van der Waals surface area (Å²) in [6, 6.07) is 15.2. The van der Waals surface area contributed by atoms with E-state index in [9.17, 15) is 4.79 Å². The lowest BCUT2D eigenvalue weighted by molar-refractivity contribution is 0.0984. The first-order chi connectivity index (χ1) is 16.4. The van der Waals surface area contributed by atoms with Crippen molar-refractivity contribution in [2.45, 2.75) is 27.3 Å². The predicted molar refractivity (Wildman–Crippen MR) is 136 cm³/mol. The highest BCUT2D eigenvalue weighted by atomic mass is 35.5. The zero-order chi connectivity index (χ0) is 23.8. The molecule has 0 aliphatic heterocycles. The first kappa shape index (κ1) is 22.3. The molecule has 3 heterocycles. The van der Waals surface area contributed by atoms with Gasteiger partial charge in [0.05, 0.1) is 21.8 Å². The Morgan fingerprint density at radius 1 is 1.09 bits per heavy atom. The Morgan fingerprint density at radius 2 is 1.88 bits per heavy atom. The van der Waals surface area contributed by atoms with Crippen LogP contribution in [-0.4, -0.2) is 21.0 Å². The maximum absolute atomic E-state index is 14.1. The third kappa shape index (κ3) is 4.08. The third-order valence-corrected chi connectivity index (χ3v) is 7.11. The summed E-state index contributed by atoms with van der Waals surface area (Å²) in [6.07, 6.45) is 3.45. The fourth-order valence-electron chi connectivity index (χ4n) is 3.78. The number of thiazole rings is 1. The summed E-state index contributed by atoms with van der Waals surface area (Å²) in [5, 5.41) is 5.27. The second-order valence-electron chi connectivity index (χ2n) is 8.10. The van der Waals surface area contributed by atoms with Crippen molar-refractivity contribution >= 4 is 44.2 Å². The van der Waals surface area contributed by atoms with Crippen LogP contribution >= 0.6 is 22.9 Å². The van der Waals surface area contributed by atoms with Gasteiger partial charge in [0, 0.05) is 18.0 Å². The fourth-order valence-corrected chi connectivity index (χ4v) is 5.05. The van der Waals surface area contributed by atoms with E-state index in [1.165, 1.54) is 16.9 Å². The van der Waals surface area contributed by atoms with E-state index in [4.69, 9.17) is 21.1 Å². The number of halogens is 1. The van der Waals surface area contributed by atoms with Gasteiger partial charge in [-0.05, 0) is 61.7 Å². The number of fused-ring (bicyclic) bond motifs is 1. The van der Waals surface area contributed by atoms with E-state index < -0.39 is 0 Å². The van der Waals surface area contributed by atoms with Gasteiger partial charge in [0.15, 0.2) is 5.13 Å². The van der Waals surface area contributed by atoms with Crippen molar-refractivity contribution in [3.8, 4) is 11.3 Å². The van der Waals surface area contributed by atoms with Gasteiger partial charge in [0.25, 0.3) is 5.91 Å². The number of amides is 1. The zero-order valence-corrected chi connectivity index (χ0v) is 20.4. The highest BCUT2D eigenvalue weighted by Gasteiger charge is 2.30. The van der Waals surface area contributed by atoms with Gasteiger partial charge in [-0.1, -0.05) is 52.4 Å². The van der Waals surface area contributed by atoms with Gasteiger partial charge in [0.2, 0.25) is 0 Å². The lowest BCUT2D eigenvalue weighted by Crippen LogP contribution is -2.31. The van der Waals surface area contributed by atoms with Crippen molar-refractivity contribution < 1.29 is 9.32 Å². The van der Waals surface area contributed by atoms with E-state index >= 15 is 0 Å². The summed E-state index contributed by atoms with van der Waals surface area (Å²) in [4.78, 5) is 24.8. The Labute approximate surface area is 205 Å². The van der Waals surface area contributed by atoms with E-state index in [2.05, 4.69) is 36.1 Å². The molecule has 0 N–H and O–H groups in total. The molecule has 0 radical (unpaired) electrons. The largest absolute Gasteiger partial charge is 0.360 e. The van der Waals surface area contributed by atoms with Crippen molar-refractivity contribution in [3.63, 3.8) is 0 Å². The van der Waals surface area contributed by atoms with Gasteiger partial charge in [-0.25, -0.2) is 4.98 Å². The molecule has 0 aliphatic carbocycles. The molecule has 0 bridgehead atoms. The molecule has 0 saturated carbocycles. The van der Waals surface area contributed by atoms with Gasteiger partial charge >= 0.3 is 0 Å². The van der Waals surface area contributed by atoms with E-state index in [1.54, 1.807) is 30.3 Å². The molecular weight excluding hydrogens is 468 g/mol. The molecule has 0 atom stereocenters. The Morgan fingerprint density at radius 3 is 2.65 bits per heavy atom. The fraction of sp³-hybridized carbons (Fsp3) is 0.154. The van der Waals surface area contributed by atoms with Gasteiger partial charge < -0.3 is 4.52 Å². The highest BCUT2D eigenvalue weighted by molar-refractivity contribution is 7.22. The molecule has 5 aromatic rings. The van der Waals surface area contributed by atoms with E-state index in [-0.39, 0.29) is 5.91 Å². The van der Waals surface area contributed by atoms with Crippen molar-refractivity contribution in [2.75, 3.05) is 4.90 Å². The van der Waals surface area contributed by atoms with Gasteiger partial charge in [-0.3, -0.25) is 14.7 Å². The molecule has 170 valence electrons. The quantitative estimate of drug-likeness (QED) is 0.273. The minimum Gasteiger partial charge on any atom is -0.360 e. The van der Waals surface area contributed by atoms with Gasteiger partial charge in [0.1, 0.15) is 17.0 Å². The van der Waals surface area contributed by atoms with Crippen LogP contribution in [0.5, 0.6) is 0 Å². The second kappa shape index (κ2) is 9.00. The molecule has 0 fully saturated rings. The number of aromatic nitrogens is 3. The second-order valence-corrected chi connectivity index (χ2v) is 9.51. The van der Waals surface area contributed by atoms with E-state index in [1.807, 2.05) is 30.3 Å². The molecule has 0 spiro atoms. The Bertz CT molecular complexity index is 1470. The molecule has 3 aromatic heterocycles. The van der Waals surface area contributed by atoms with E-state index in [0.29, 0.717) is 39.3 Å². The summed E-state index contributed by atoms with van der Waals surface area (Å²) in [5.41, 5.74) is 5.51. The average molecular weight is 489 g/mol. The van der Waals surface area contributed by atoms with Gasteiger partial charge in [-0.2, -0.15) is 0 Å². The molecule has 5 rings (SSSR count). The Kier molecular flexibility index (Phi) is 5.89. The highest BCUT2D eigenvalue weighted by Crippen LogP contribution is 2.36. The normalized spacial score (nSPS) is 11.2. The lowest BCUT2D eigenvalue weighted by Gasteiger charge is -2.20. The van der Waals surface area contributed by atoms with Crippen LogP contribution in [0.25, 0.3) is 21.5 Å². The number of anilines is 1. The molecule has 0 unspecified atom stereocenters. The first-order valence-corrected chi connectivity index (χ1v) is 11.9. The van der Waals surface area contributed by atoms with E-state index in [0.717, 1.165) is 21.3 Å². The van der Waals surface area contributed by atoms with Crippen LogP contribution in [0.2, 0.25) is 5.02 Å². The summed E-state index contributed by atoms with van der Waals surface area (Å²) in [7, 11) is 0. The van der Waals surface area contributed by atoms with Crippen LogP contribution in [0.15, 0.2) is 65.4 Å². The number of carbonyl (C=O) groups excluding carboxylic acids is 1. The molecule has 0 aliphatic rings. The summed E-state index contributed by atoms with van der Waals surface area (Å²) in [5.74, 6) is 0.161. The molecule has 1 amide bonds. The molecule has 6 nitrogen and oxygen atoms in total. The molecule has 8 heteroatoms. The molecule has 0 saturated heterocycles. The van der Waals surface area contributed by atoms with Crippen LogP contribution in [0, 0.1) is 20.8 Å². The van der Waals surface area contributed by atoms with Crippen LogP contribution < -0.4 is 4.90 Å². The number of rotatable bonds is 5. The number of benzene rings is 2. The van der Waals surface area contributed by atoms with Crippen LogP contribution in [0.1, 0.15) is 32.8 Å². The summed E-state index contributed by atoms with van der Waals surface area (Å²) >= 11 is 7.91. The Hall–Kier alpha value is -3.55. The third-order valence-electron chi connectivity index (χ3n) is 5.74. The zero-order valence-electron chi connectivity index (χ0n) is 18.9. The van der Waals surface area contributed by atoms with Crippen molar-refractivity contribution in [1.82, 2.24) is 15.1 Å². The summed E-state index contributed by atoms with van der Waals surface area (Å²) < 4.78 is 6.49. The maximum atomic E-state index is 14.1. The average Bonchev–Trinajstić information content (AvgIpc) is 3.41. The van der Waals surface area contributed by atoms with Crippen LogP contribution in [-0.2, 0) is 6.54 Å². The standard InChI is InChI=1S/C26H21ClN4O2S/c1-15-11-21-22(12-16(15)2)34-26(29-21)31(14-18-7-6-10-28-13-18)25(32)23-17(3)33-30-24(23)19-8-4-5-9-20(19)27/h4-13H,14H2,1-3H3. The number of carbonyl (C=O) groups is 1. The maximum Gasteiger partial charge on any atom is 0.266 e. The number of hydrogen-bond acceptors (Lipinski definition) is 6. The van der Waals surface area contributed by atoms with Crippen molar-refractivity contribution in [3.05, 3.63) is 94.0 Å². The number of nitrogens with zero attached hydrogens (tertiary/aromatic N) is 4. The van der Waals surface area contributed by atoms with Gasteiger partial charge in [-0.15, -0.1) is 0 Å². The minimum absolute atomic E-state index is 0.259. The van der Waals surface area contributed by atoms with Crippen LogP contribution in [0.3, 0.4) is 0 Å².